The first-order valence-electron chi connectivity index (χ1n) is 20.3. The average molecular weight is 772 g/mol. The molecule has 10 rings (SSSR count). The number of benzene rings is 9. The molecule has 0 atom stereocenters. The van der Waals surface area contributed by atoms with Crippen LogP contribution >= 0.6 is 0 Å². The van der Waals surface area contributed by atoms with Crippen LogP contribution in [0.2, 0.25) is 0 Å². The monoisotopic (exact) mass is 771 g/mol. The van der Waals surface area contributed by atoms with Crippen LogP contribution in [0.4, 0.5) is 0 Å². The fourth-order valence-electron chi connectivity index (χ4n) is 8.42. The van der Waals surface area contributed by atoms with E-state index in [-0.39, 0.29) is 0 Å². The Kier molecular flexibility index (Phi) is 10.2. The number of nitrogens with two attached hydrogens (primary N) is 1. The first-order valence-corrected chi connectivity index (χ1v) is 20.3. The number of hydrogen-bond acceptors (Lipinski definition) is 2. The minimum Gasteiger partial charge on any atom is -0.405 e. The predicted octanol–water partition coefficient (Wildman–Crippen LogP) is 15.2. The third-order valence-corrected chi connectivity index (χ3v) is 11.5. The van der Waals surface area contributed by atoms with E-state index in [2.05, 4.69) is 195 Å². The van der Waals surface area contributed by atoms with Gasteiger partial charge in [0.2, 0.25) is 0 Å². The second kappa shape index (κ2) is 16.2. The van der Waals surface area contributed by atoms with Gasteiger partial charge in [-0.25, -0.2) is 0 Å². The molecule has 9 aromatic carbocycles. The van der Waals surface area contributed by atoms with Crippen LogP contribution in [0, 0.1) is 12.3 Å². The van der Waals surface area contributed by atoms with E-state index in [1.165, 1.54) is 105 Å². The Hall–Kier alpha value is -7.75. The molecule has 0 saturated carbocycles. The van der Waals surface area contributed by atoms with Crippen molar-refractivity contribution in [2.75, 3.05) is 0 Å². The Morgan fingerprint density at radius 3 is 2.00 bits per heavy atom. The van der Waals surface area contributed by atoms with E-state index in [4.69, 9.17) is 11.1 Å². The molecule has 0 aliphatic carbocycles. The molecule has 0 fully saturated rings. The Balaban J connectivity index is 0.000000228. The van der Waals surface area contributed by atoms with Crippen LogP contribution in [0.1, 0.15) is 23.6 Å². The van der Waals surface area contributed by atoms with Crippen molar-refractivity contribution in [2.45, 2.75) is 13.8 Å². The number of aryl methyl sites for hydroxylation is 1. The summed E-state index contributed by atoms with van der Waals surface area (Å²) in [7, 11) is 0. The maximum absolute atomic E-state index is 6.96. The molecule has 3 heteroatoms. The quantitative estimate of drug-likeness (QED) is 0.123. The van der Waals surface area contributed by atoms with Crippen LogP contribution in [0.3, 0.4) is 0 Å². The van der Waals surface area contributed by atoms with Gasteiger partial charge in [0, 0.05) is 27.8 Å². The van der Waals surface area contributed by atoms with Crippen molar-refractivity contribution in [3.05, 3.63) is 224 Å². The van der Waals surface area contributed by atoms with Gasteiger partial charge in [0.15, 0.2) is 0 Å². The molecule has 0 radical (unpaired) electrons. The van der Waals surface area contributed by atoms with Gasteiger partial charge in [-0.1, -0.05) is 158 Å². The van der Waals surface area contributed by atoms with Crippen LogP contribution in [-0.4, -0.2) is 10.8 Å². The Morgan fingerprint density at radius 2 is 1.18 bits per heavy atom. The van der Waals surface area contributed by atoms with Crippen molar-refractivity contribution in [1.82, 2.24) is 4.57 Å². The molecule has 10 aromatic rings. The highest BCUT2D eigenvalue weighted by molar-refractivity contribution is 6.19. The van der Waals surface area contributed by atoms with Gasteiger partial charge in [0.05, 0.1) is 16.7 Å². The maximum Gasteiger partial charge on any atom is 0.0619 e. The van der Waals surface area contributed by atoms with Crippen molar-refractivity contribution in [2.24, 2.45) is 5.73 Å². The molecular formula is C57H45N3. The summed E-state index contributed by atoms with van der Waals surface area (Å²) in [4.78, 5) is 0. The average Bonchev–Trinajstić information content (AvgIpc) is 3.63. The smallest absolute Gasteiger partial charge is 0.0619 e. The lowest BCUT2D eigenvalue weighted by molar-refractivity contribution is 1.20. The number of allylic oxidation sites excluding steroid dienone is 6. The third-order valence-electron chi connectivity index (χ3n) is 11.5. The molecule has 0 aliphatic rings. The zero-order valence-corrected chi connectivity index (χ0v) is 33.9. The lowest BCUT2D eigenvalue weighted by atomic mass is 9.96. The molecule has 0 saturated heterocycles. The van der Waals surface area contributed by atoms with Crippen LogP contribution < -0.4 is 5.73 Å². The van der Waals surface area contributed by atoms with Gasteiger partial charge in [-0.2, -0.15) is 0 Å². The summed E-state index contributed by atoms with van der Waals surface area (Å²) in [6, 6.07) is 61.6. The molecule has 60 heavy (non-hydrogen) atoms. The van der Waals surface area contributed by atoms with Gasteiger partial charge >= 0.3 is 0 Å². The van der Waals surface area contributed by atoms with E-state index in [0.717, 1.165) is 11.1 Å². The van der Waals surface area contributed by atoms with E-state index in [1.54, 1.807) is 12.3 Å². The van der Waals surface area contributed by atoms with Crippen LogP contribution in [0.25, 0.3) is 92.9 Å². The number of para-hydroxylation sites is 1. The first-order chi connectivity index (χ1) is 29.4. The van der Waals surface area contributed by atoms with Crippen molar-refractivity contribution < 1.29 is 0 Å². The molecule has 3 nitrogen and oxygen atoms in total. The lowest BCUT2D eigenvalue weighted by Crippen LogP contribution is -1.96. The van der Waals surface area contributed by atoms with Crippen molar-refractivity contribution in [3.63, 3.8) is 0 Å². The molecule has 0 amide bonds. The van der Waals surface area contributed by atoms with Crippen molar-refractivity contribution >= 4 is 82.3 Å². The normalized spacial score (nSPS) is 12.0. The zero-order valence-electron chi connectivity index (χ0n) is 33.9. The van der Waals surface area contributed by atoms with E-state index in [9.17, 15) is 0 Å². The van der Waals surface area contributed by atoms with Gasteiger partial charge < -0.3 is 15.7 Å². The summed E-state index contributed by atoms with van der Waals surface area (Å²) in [6.07, 6.45) is 10.3. The predicted molar refractivity (Wildman–Crippen MR) is 261 cm³/mol. The van der Waals surface area contributed by atoms with Gasteiger partial charge in [0.25, 0.3) is 0 Å². The lowest BCUT2D eigenvalue weighted by Gasteiger charge is -2.13. The number of rotatable bonds is 7. The molecule has 0 unspecified atom stereocenters. The minimum atomic E-state index is 0.928. The molecule has 288 valence electrons. The SMILES string of the molecule is C/C(=C\C=C/N)c1ccc2ccc(-c3ccc4c(ccc5c6ccccc6n(-c6cccc7ccccc67)c45)c3)cc2c1.C=C(/C=C\C=N)c1ccc2ccc(C)cc2c1. The fourth-order valence-corrected chi connectivity index (χ4v) is 8.42. The largest absolute Gasteiger partial charge is 0.405 e. The molecule has 1 aromatic heterocycles. The Bertz CT molecular complexity index is 3390. The van der Waals surface area contributed by atoms with E-state index < -0.39 is 0 Å². The first kappa shape index (κ1) is 37.8. The summed E-state index contributed by atoms with van der Waals surface area (Å²) in [5, 5.41) is 19.4. The van der Waals surface area contributed by atoms with Gasteiger partial charge in [-0.05, 0) is 134 Å². The van der Waals surface area contributed by atoms with E-state index in [1.807, 2.05) is 18.2 Å². The standard InChI is InChI=1S/C41H30N2.C16H15N/c1-27(8-7-23-42)30-17-15-28-16-18-31(26-34(28)24-30)32-19-21-36-33(25-32)20-22-38-37-12-4-5-13-40(37)43(41(36)38)39-14-6-10-29-9-2-3-11-35(29)39;1-12-5-6-14-7-8-15(11-16(14)10-12)13(2)4-3-9-17/h2-26H,42H2,1H3;3-11,17H,2H2,1H3/b23-7-,27-8+;4-3-,17-9?. The van der Waals surface area contributed by atoms with Crippen molar-refractivity contribution in [1.29, 1.82) is 5.41 Å². The Labute approximate surface area is 350 Å². The summed E-state index contributed by atoms with van der Waals surface area (Å²) < 4.78 is 2.46. The number of nitrogens with one attached hydrogen (secondary N) is 1. The molecule has 0 aliphatic heterocycles. The molecular weight excluding hydrogens is 727 g/mol. The number of hydrogen-bond donors (Lipinski definition) is 2. The second-order valence-electron chi connectivity index (χ2n) is 15.4. The van der Waals surface area contributed by atoms with Gasteiger partial charge in [-0.15, -0.1) is 0 Å². The summed E-state index contributed by atoms with van der Waals surface area (Å²) in [6.45, 7) is 8.21. The van der Waals surface area contributed by atoms with Crippen LogP contribution in [0.15, 0.2) is 207 Å². The zero-order chi connectivity index (χ0) is 41.2. The highest BCUT2D eigenvalue weighted by Gasteiger charge is 2.17. The summed E-state index contributed by atoms with van der Waals surface area (Å²) in [5.74, 6) is 0. The summed E-state index contributed by atoms with van der Waals surface area (Å²) in [5.41, 5.74) is 17.3. The molecule has 3 N–H and O–H groups in total. The number of aromatic nitrogens is 1. The summed E-state index contributed by atoms with van der Waals surface area (Å²) >= 11 is 0. The molecule has 1 heterocycles. The van der Waals surface area contributed by atoms with Crippen LogP contribution in [-0.2, 0) is 0 Å². The maximum atomic E-state index is 6.96. The fraction of sp³-hybridized carbons (Fsp3) is 0.0351. The van der Waals surface area contributed by atoms with Gasteiger partial charge in [0.1, 0.15) is 0 Å². The molecule has 0 spiro atoms. The van der Waals surface area contributed by atoms with Crippen molar-refractivity contribution in [3.8, 4) is 16.8 Å². The Morgan fingerprint density at radius 1 is 0.550 bits per heavy atom. The highest BCUT2D eigenvalue weighted by Crippen LogP contribution is 2.39. The van der Waals surface area contributed by atoms with Crippen LogP contribution in [0.5, 0.6) is 0 Å². The third kappa shape index (κ3) is 7.18. The minimum absolute atomic E-state index is 0.928. The number of nitrogens with zero attached hydrogens (tertiary/aromatic N) is 1. The second-order valence-corrected chi connectivity index (χ2v) is 15.4. The van der Waals surface area contributed by atoms with E-state index in [0.29, 0.717) is 0 Å². The topological polar surface area (TPSA) is 54.8 Å². The van der Waals surface area contributed by atoms with Gasteiger partial charge in [-0.3, -0.25) is 0 Å². The van der Waals surface area contributed by atoms with E-state index >= 15 is 0 Å². The highest BCUT2D eigenvalue weighted by atomic mass is 15.0. The number of fused-ring (bicyclic) bond motifs is 8. The molecule has 0 bridgehead atoms.